The molecule has 0 N–H and O–H groups in total. The Kier molecular flexibility index (Phi) is 5.19. The van der Waals surface area contributed by atoms with Gasteiger partial charge in [-0.3, -0.25) is 14.5 Å². The minimum atomic E-state index is -0.545. The number of Topliss-reactive ketones (excluding diaryl/α,β-unsaturated/α-hetero) is 1. The van der Waals surface area contributed by atoms with Gasteiger partial charge in [-0.15, -0.1) is 0 Å². The zero-order valence-corrected chi connectivity index (χ0v) is 14.5. The first-order valence-electron chi connectivity index (χ1n) is 7.90. The van der Waals surface area contributed by atoms with Crippen LogP contribution in [0.4, 0.5) is 11.4 Å². The molecule has 1 amide bonds. The summed E-state index contributed by atoms with van der Waals surface area (Å²) in [7, 11) is 0. The zero-order valence-electron chi connectivity index (χ0n) is 13.7. The predicted octanol–water partition coefficient (Wildman–Crippen LogP) is 3.73. The Balaban J connectivity index is 1.78. The lowest BCUT2D eigenvalue weighted by atomic mass is 10.2. The molecule has 2 aromatic rings. The summed E-state index contributed by atoms with van der Waals surface area (Å²) >= 11 is 1.60. The third kappa shape index (κ3) is 3.91. The molecular weight excluding hydrogens is 338 g/mol. The van der Waals surface area contributed by atoms with Crippen molar-refractivity contribution in [1.82, 2.24) is 0 Å². The molecule has 0 bridgehead atoms. The summed E-state index contributed by atoms with van der Waals surface area (Å²) in [4.78, 5) is 38.9. The van der Waals surface area contributed by atoms with Gasteiger partial charge < -0.3 is 9.53 Å². The van der Waals surface area contributed by atoms with Crippen LogP contribution in [0.2, 0.25) is 0 Å². The Morgan fingerprint density at radius 1 is 0.920 bits per heavy atom. The lowest BCUT2D eigenvalue weighted by Gasteiger charge is -2.30. The molecule has 6 heteroatoms. The lowest BCUT2D eigenvalue weighted by molar-refractivity contribution is -0.148. The van der Waals surface area contributed by atoms with Crippen LogP contribution in [-0.4, -0.2) is 24.3 Å². The van der Waals surface area contributed by atoms with Crippen molar-refractivity contribution in [2.45, 2.75) is 29.6 Å². The van der Waals surface area contributed by atoms with E-state index in [1.165, 1.54) is 6.92 Å². The summed E-state index contributed by atoms with van der Waals surface area (Å²) in [6.45, 7) is 1.06. The second-order valence-corrected chi connectivity index (χ2v) is 6.71. The van der Waals surface area contributed by atoms with Gasteiger partial charge in [0.1, 0.15) is 5.78 Å². The van der Waals surface area contributed by atoms with Crippen molar-refractivity contribution in [2.24, 2.45) is 0 Å². The number of nitrogens with zero attached hydrogens (tertiary/aromatic N) is 1. The van der Waals surface area contributed by atoms with E-state index in [1.807, 2.05) is 48.5 Å². The number of ether oxygens (including phenoxy) is 1. The molecule has 1 aliphatic heterocycles. The van der Waals surface area contributed by atoms with Gasteiger partial charge in [0.05, 0.1) is 17.8 Å². The van der Waals surface area contributed by atoms with Gasteiger partial charge in [0, 0.05) is 16.2 Å². The molecule has 0 saturated carbocycles. The molecular formula is C19H17NO4S. The van der Waals surface area contributed by atoms with Crippen LogP contribution in [0.25, 0.3) is 0 Å². The molecule has 3 rings (SSSR count). The van der Waals surface area contributed by atoms with Crippen molar-refractivity contribution in [1.29, 1.82) is 0 Å². The third-order valence-electron chi connectivity index (χ3n) is 3.72. The van der Waals surface area contributed by atoms with Crippen molar-refractivity contribution < 1.29 is 19.1 Å². The molecule has 1 heterocycles. The highest BCUT2D eigenvalue weighted by Crippen LogP contribution is 2.47. The number of benzene rings is 2. The first kappa shape index (κ1) is 17.2. The van der Waals surface area contributed by atoms with Crippen molar-refractivity contribution in [2.75, 3.05) is 11.5 Å². The van der Waals surface area contributed by atoms with E-state index < -0.39 is 5.97 Å². The molecule has 0 radical (unpaired) electrons. The molecule has 5 nitrogen and oxygen atoms in total. The van der Waals surface area contributed by atoms with Crippen molar-refractivity contribution >= 4 is 40.8 Å². The van der Waals surface area contributed by atoms with Gasteiger partial charge in [-0.2, -0.15) is 0 Å². The Labute approximate surface area is 150 Å². The second kappa shape index (κ2) is 7.53. The predicted molar refractivity (Wildman–Crippen MR) is 95.0 cm³/mol. The van der Waals surface area contributed by atoms with Gasteiger partial charge in [-0.05, 0) is 31.2 Å². The van der Waals surface area contributed by atoms with Crippen LogP contribution in [-0.2, 0) is 19.1 Å². The molecule has 0 aliphatic carbocycles. The number of fused-ring (bicyclic) bond motifs is 2. The average Bonchev–Trinajstić information content (AvgIpc) is 2.62. The number of hydrogen-bond donors (Lipinski definition) is 0. The zero-order chi connectivity index (χ0) is 17.8. The van der Waals surface area contributed by atoms with Crippen LogP contribution < -0.4 is 4.90 Å². The molecule has 25 heavy (non-hydrogen) atoms. The number of carbonyl (C=O) groups is 3. The van der Waals surface area contributed by atoms with E-state index in [1.54, 1.807) is 16.7 Å². The van der Waals surface area contributed by atoms with E-state index in [9.17, 15) is 14.4 Å². The Bertz CT molecular complexity index is 788. The minimum Gasteiger partial charge on any atom is -0.456 e. The van der Waals surface area contributed by atoms with Crippen molar-refractivity contribution in [3.63, 3.8) is 0 Å². The summed E-state index contributed by atoms with van der Waals surface area (Å²) in [6, 6.07) is 15.2. The number of esters is 1. The van der Waals surface area contributed by atoms with Gasteiger partial charge in [0.25, 0.3) is 5.91 Å². The van der Waals surface area contributed by atoms with E-state index in [-0.39, 0.29) is 31.1 Å². The van der Waals surface area contributed by atoms with Gasteiger partial charge in [-0.25, -0.2) is 0 Å². The van der Waals surface area contributed by atoms with Crippen LogP contribution in [0.5, 0.6) is 0 Å². The SMILES string of the molecule is CC(=O)CCC(=O)OCC(=O)N1c2ccccc2Sc2ccccc21. The molecule has 0 aromatic heterocycles. The minimum absolute atomic E-state index is 0.00829. The molecule has 0 saturated heterocycles. The maximum absolute atomic E-state index is 12.7. The highest BCUT2D eigenvalue weighted by Gasteiger charge is 2.28. The number of rotatable bonds is 5. The van der Waals surface area contributed by atoms with Crippen LogP contribution in [0.1, 0.15) is 19.8 Å². The smallest absolute Gasteiger partial charge is 0.306 e. The van der Waals surface area contributed by atoms with Crippen LogP contribution >= 0.6 is 11.8 Å². The first-order valence-corrected chi connectivity index (χ1v) is 8.72. The van der Waals surface area contributed by atoms with Crippen molar-refractivity contribution in [3.8, 4) is 0 Å². The molecule has 2 aromatic carbocycles. The standard InChI is InChI=1S/C19H17NO4S/c1-13(21)10-11-19(23)24-12-18(22)20-14-6-2-4-8-16(14)25-17-9-5-3-7-15(17)20/h2-9H,10-12H2,1H3. The van der Waals surface area contributed by atoms with E-state index >= 15 is 0 Å². The summed E-state index contributed by atoms with van der Waals surface area (Å²) in [5.74, 6) is -0.952. The normalized spacial score (nSPS) is 12.1. The fraction of sp³-hybridized carbons (Fsp3) is 0.211. The maximum Gasteiger partial charge on any atom is 0.306 e. The molecule has 0 fully saturated rings. The van der Waals surface area contributed by atoms with Gasteiger partial charge in [0.15, 0.2) is 6.61 Å². The maximum atomic E-state index is 12.7. The largest absolute Gasteiger partial charge is 0.456 e. The summed E-state index contributed by atoms with van der Waals surface area (Å²) in [5.41, 5.74) is 1.55. The van der Waals surface area contributed by atoms with E-state index in [2.05, 4.69) is 0 Å². The highest BCUT2D eigenvalue weighted by atomic mass is 32.2. The van der Waals surface area contributed by atoms with E-state index in [0.29, 0.717) is 0 Å². The number of carbonyl (C=O) groups excluding carboxylic acids is 3. The number of hydrogen-bond acceptors (Lipinski definition) is 5. The van der Waals surface area contributed by atoms with Gasteiger partial charge in [0.2, 0.25) is 0 Å². The van der Waals surface area contributed by atoms with E-state index in [0.717, 1.165) is 21.2 Å². The average molecular weight is 355 g/mol. The number of para-hydroxylation sites is 2. The quantitative estimate of drug-likeness (QED) is 0.765. The molecule has 0 unspecified atom stereocenters. The van der Waals surface area contributed by atoms with Crippen molar-refractivity contribution in [3.05, 3.63) is 48.5 Å². The first-order chi connectivity index (χ1) is 12.1. The molecule has 128 valence electrons. The Morgan fingerprint density at radius 2 is 1.48 bits per heavy atom. The summed E-state index contributed by atoms with van der Waals surface area (Å²) < 4.78 is 5.05. The monoisotopic (exact) mass is 355 g/mol. The Hall–Kier alpha value is -2.60. The summed E-state index contributed by atoms with van der Waals surface area (Å²) in [6.07, 6.45) is 0.116. The lowest BCUT2D eigenvalue weighted by Crippen LogP contribution is -2.32. The van der Waals surface area contributed by atoms with Gasteiger partial charge in [-0.1, -0.05) is 36.0 Å². The number of amides is 1. The van der Waals surface area contributed by atoms with Crippen LogP contribution in [0.15, 0.2) is 58.3 Å². The second-order valence-electron chi connectivity index (χ2n) is 5.63. The van der Waals surface area contributed by atoms with E-state index in [4.69, 9.17) is 4.74 Å². The van der Waals surface area contributed by atoms with Gasteiger partial charge >= 0.3 is 5.97 Å². The fourth-order valence-corrected chi connectivity index (χ4v) is 3.59. The fourth-order valence-electron chi connectivity index (χ4n) is 2.53. The third-order valence-corrected chi connectivity index (χ3v) is 4.85. The summed E-state index contributed by atoms with van der Waals surface area (Å²) in [5, 5.41) is 0. The Morgan fingerprint density at radius 3 is 2.04 bits per heavy atom. The molecule has 1 aliphatic rings. The van der Waals surface area contributed by atoms with Crippen LogP contribution in [0.3, 0.4) is 0 Å². The number of ketones is 1. The van der Waals surface area contributed by atoms with Crippen LogP contribution in [0, 0.1) is 0 Å². The number of anilines is 2. The molecule has 0 spiro atoms. The molecule has 0 atom stereocenters. The topological polar surface area (TPSA) is 63.7 Å². The highest BCUT2D eigenvalue weighted by molar-refractivity contribution is 7.99.